The summed E-state index contributed by atoms with van der Waals surface area (Å²) in [5.74, 6) is -0.312. The third-order valence-electron chi connectivity index (χ3n) is 4.97. The Labute approximate surface area is 183 Å². The number of carbonyl (C=O) groups excluding carboxylic acids is 3. The van der Waals surface area contributed by atoms with Crippen LogP contribution in [0.4, 0.5) is 10.9 Å². The Morgan fingerprint density at radius 2 is 1.77 bits per heavy atom. The number of rotatable bonds is 4. The summed E-state index contributed by atoms with van der Waals surface area (Å²) >= 11 is 1.31. The molecule has 0 unspecified atom stereocenters. The van der Waals surface area contributed by atoms with Crippen molar-refractivity contribution in [3.63, 3.8) is 0 Å². The monoisotopic (exact) mass is 438 g/mol. The summed E-state index contributed by atoms with van der Waals surface area (Å²) in [6, 6.07) is 8.45. The molecule has 2 N–H and O–H groups in total. The van der Waals surface area contributed by atoms with Gasteiger partial charge in [0.25, 0.3) is 11.8 Å². The fourth-order valence-corrected chi connectivity index (χ4v) is 4.19. The van der Waals surface area contributed by atoms with Crippen molar-refractivity contribution in [2.24, 2.45) is 0 Å². The third kappa shape index (κ3) is 4.86. The van der Waals surface area contributed by atoms with E-state index in [0.717, 1.165) is 17.8 Å². The predicted molar refractivity (Wildman–Crippen MR) is 120 cm³/mol. The normalized spacial score (nSPS) is 14.5. The number of likely N-dealkylation sites (N-methyl/N-ethyl adjacent to an activating group) is 1. The lowest BCUT2D eigenvalue weighted by Crippen LogP contribution is -2.47. The molecular formula is C21H22N6O3S. The summed E-state index contributed by atoms with van der Waals surface area (Å²) in [5.41, 5.74) is 1.68. The van der Waals surface area contributed by atoms with E-state index >= 15 is 0 Å². The van der Waals surface area contributed by atoms with Crippen LogP contribution in [0, 0.1) is 0 Å². The molecule has 0 aliphatic carbocycles. The molecule has 2 aromatic heterocycles. The number of hydrogen-bond acceptors (Lipinski definition) is 7. The summed E-state index contributed by atoms with van der Waals surface area (Å²) in [7, 11) is 2.05. The van der Waals surface area contributed by atoms with Gasteiger partial charge in [-0.15, -0.1) is 0 Å². The summed E-state index contributed by atoms with van der Waals surface area (Å²) in [6.45, 7) is 4.53. The summed E-state index contributed by atoms with van der Waals surface area (Å²) in [5, 5.41) is 5.75. The molecule has 3 aromatic rings. The van der Waals surface area contributed by atoms with Crippen LogP contribution in [0.1, 0.15) is 27.6 Å². The van der Waals surface area contributed by atoms with Gasteiger partial charge >= 0.3 is 0 Å². The van der Waals surface area contributed by atoms with Gasteiger partial charge in [0, 0.05) is 50.4 Å². The fourth-order valence-electron chi connectivity index (χ4n) is 3.29. The van der Waals surface area contributed by atoms with Crippen molar-refractivity contribution in [3.05, 3.63) is 47.7 Å². The molecule has 3 amide bonds. The van der Waals surface area contributed by atoms with Crippen molar-refractivity contribution < 1.29 is 14.4 Å². The number of pyridine rings is 1. The van der Waals surface area contributed by atoms with Gasteiger partial charge in [0.2, 0.25) is 5.91 Å². The average Bonchev–Trinajstić information content (AvgIpc) is 3.15. The molecule has 1 aliphatic rings. The quantitative estimate of drug-likeness (QED) is 0.647. The third-order valence-corrected chi connectivity index (χ3v) is 5.91. The van der Waals surface area contributed by atoms with Crippen LogP contribution in [-0.2, 0) is 4.79 Å². The van der Waals surface area contributed by atoms with Gasteiger partial charge in [0.05, 0.1) is 10.2 Å². The minimum Gasteiger partial charge on any atom is -0.336 e. The van der Waals surface area contributed by atoms with Gasteiger partial charge in [0.1, 0.15) is 5.82 Å². The minimum atomic E-state index is -0.359. The Morgan fingerprint density at radius 3 is 2.52 bits per heavy atom. The Bertz CT molecular complexity index is 1150. The van der Waals surface area contributed by atoms with Crippen molar-refractivity contribution in [1.29, 1.82) is 0 Å². The first kappa shape index (κ1) is 20.9. The highest BCUT2D eigenvalue weighted by molar-refractivity contribution is 7.22. The smallest absolute Gasteiger partial charge is 0.257 e. The maximum Gasteiger partial charge on any atom is 0.257 e. The molecular weight excluding hydrogens is 416 g/mol. The summed E-state index contributed by atoms with van der Waals surface area (Å²) in [6.07, 6.45) is 1.45. The first-order chi connectivity index (χ1) is 14.9. The van der Waals surface area contributed by atoms with Gasteiger partial charge in [-0.25, -0.2) is 9.97 Å². The maximum absolute atomic E-state index is 12.8. The number of benzene rings is 1. The second-order valence-electron chi connectivity index (χ2n) is 7.36. The highest BCUT2D eigenvalue weighted by atomic mass is 32.1. The van der Waals surface area contributed by atoms with Crippen molar-refractivity contribution in [3.8, 4) is 0 Å². The van der Waals surface area contributed by atoms with Crippen molar-refractivity contribution in [1.82, 2.24) is 19.8 Å². The number of thiazole rings is 1. The molecule has 0 bridgehead atoms. The minimum absolute atomic E-state index is 0.0104. The average molecular weight is 439 g/mol. The molecule has 0 atom stereocenters. The molecule has 31 heavy (non-hydrogen) atoms. The second-order valence-corrected chi connectivity index (χ2v) is 8.39. The van der Waals surface area contributed by atoms with Crippen LogP contribution < -0.4 is 10.6 Å². The zero-order chi connectivity index (χ0) is 22.0. The molecule has 3 heterocycles. The standard InChI is InChI=1S/C21H22N6O3S/c1-13(28)23-18-12-14(5-6-22-18)19(29)25-21-24-16-4-3-15(11-17(16)31-21)20(30)27-9-7-26(2)8-10-27/h3-6,11-12H,7-10H2,1-2H3,(H,22,23,28)(H,24,25,29). The van der Waals surface area contributed by atoms with Crippen LogP contribution in [0.25, 0.3) is 10.2 Å². The Morgan fingerprint density at radius 1 is 1.00 bits per heavy atom. The van der Waals surface area contributed by atoms with E-state index in [1.807, 2.05) is 18.0 Å². The van der Waals surface area contributed by atoms with Crippen LogP contribution in [-0.4, -0.2) is 70.7 Å². The summed E-state index contributed by atoms with van der Waals surface area (Å²) < 4.78 is 0.823. The number of hydrogen-bond donors (Lipinski definition) is 2. The van der Waals surface area contributed by atoms with Gasteiger partial charge < -0.3 is 15.1 Å². The molecule has 10 heteroatoms. The Kier molecular flexibility index (Phi) is 5.92. The van der Waals surface area contributed by atoms with E-state index in [1.54, 1.807) is 18.2 Å². The number of nitrogens with one attached hydrogen (secondary N) is 2. The van der Waals surface area contributed by atoms with Gasteiger partial charge in [-0.2, -0.15) is 0 Å². The van der Waals surface area contributed by atoms with E-state index in [4.69, 9.17) is 0 Å². The molecule has 0 saturated carbocycles. The topological polar surface area (TPSA) is 108 Å². The molecule has 1 fully saturated rings. The van der Waals surface area contributed by atoms with E-state index in [9.17, 15) is 14.4 Å². The molecule has 1 saturated heterocycles. The van der Waals surface area contributed by atoms with Crippen molar-refractivity contribution >= 4 is 50.2 Å². The largest absolute Gasteiger partial charge is 0.336 e. The van der Waals surface area contributed by atoms with Crippen LogP contribution in [0.15, 0.2) is 36.5 Å². The number of amides is 3. The highest BCUT2D eigenvalue weighted by Crippen LogP contribution is 2.28. The number of anilines is 2. The highest BCUT2D eigenvalue weighted by Gasteiger charge is 2.21. The van der Waals surface area contributed by atoms with Gasteiger partial charge in [-0.1, -0.05) is 11.3 Å². The van der Waals surface area contributed by atoms with Gasteiger partial charge in [0.15, 0.2) is 5.13 Å². The van der Waals surface area contributed by atoms with Gasteiger partial charge in [-0.3, -0.25) is 19.7 Å². The van der Waals surface area contributed by atoms with Gasteiger partial charge in [-0.05, 0) is 37.4 Å². The first-order valence-electron chi connectivity index (χ1n) is 9.82. The number of aromatic nitrogens is 2. The van der Waals surface area contributed by atoms with Crippen molar-refractivity contribution in [2.75, 3.05) is 43.9 Å². The zero-order valence-corrected chi connectivity index (χ0v) is 18.0. The first-order valence-corrected chi connectivity index (χ1v) is 10.6. The molecule has 1 aliphatic heterocycles. The second kappa shape index (κ2) is 8.78. The van der Waals surface area contributed by atoms with E-state index in [1.165, 1.54) is 30.5 Å². The zero-order valence-electron chi connectivity index (χ0n) is 17.2. The molecule has 0 radical (unpaired) electrons. The van der Waals surface area contributed by atoms with Crippen LogP contribution in [0.3, 0.4) is 0 Å². The molecule has 9 nitrogen and oxygen atoms in total. The lowest BCUT2D eigenvalue weighted by molar-refractivity contribution is -0.114. The maximum atomic E-state index is 12.8. The molecule has 160 valence electrons. The predicted octanol–water partition coefficient (Wildman–Crippen LogP) is 2.29. The number of piperazine rings is 1. The molecule has 0 spiro atoms. The summed E-state index contributed by atoms with van der Waals surface area (Å²) in [4.78, 5) is 49.1. The van der Waals surface area contributed by atoms with Crippen molar-refractivity contribution in [2.45, 2.75) is 6.92 Å². The fraction of sp³-hybridized carbons (Fsp3) is 0.286. The molecule has 1 aromatic carbocycles. The molecule has 4 rings (SSSR count). The Hall–Kier alpha value is -3.37. The SMILES string of the molecule is CC(=O)Nc1cc(C(=O)Nc2nc3ccc(C(=O)N4CCN(C)CC4)cc3s2)ccn1. The number of carbonyl (C=O) groups is 3. The van der Waals surface area contributed by atoms with E-state index in [0.29, 0.717) is 40.7 Å². The Balaban J connectivity index is 1.49. The van der Waals surface area contributed by atoms with Crippen LogP contribution >= 0.6 is 11.3 Å². The van der Waals surface area contributed by atoms with E-state index < -0.39 is 0 Å². The number of nitrogens with zero attached hydrogens (tertiary/aromatic N) is 4. The van der Waals surface area contributed by atoms with E-state index in [-0.39, 0.29) is 17.7 Å². The number of fused-ring (bicyclic) bond motifs is 1. The lowest BCUT2D eigenvalue weighted by atomic mass is 10.1. The van der Waals surface area contributed by atoms with E-state index in [2.05, 4.69) is 25.5 Å². The lowest BCUT2D eigenvalue weighted by Gasteiger charge is -2.32. The van der Waals surface area contributed by atoms with Crippen LogP contribution in [0.2, 0.25) is 0 Å². The van der Waals surface area contributed by atoms with Crippen LogP contribution in [0.5, 0.6) is 0 Å².